The molecule has 0 bridgehead atoms. The summed E-state index contributed by atoms with van der Waals surface area (Å²) in [4.78, 5) is 11.5. The van der Waals surface area contributed by atoms with Gasteiger partial charge >= 0.3 is 12.1 Å². The Morgan fingerprint density at radius 3 is 2.43 bits per heavy atom. The molecule has 0 amide bonds. The highest BCUT2D eigenvalue weighted by molar-refractivity contribution is 6.30. The lowest BCUT2D eigenvalue weighted by molar-refractivity contribution is -0.154. The van der Waals surface area contributed by atoms with Gasteiger partial charge in [-0.2, -0.15) is 13.2 Å². The fraction of sp³-hybridized carbons (Fsp3) is 0.214. The van der Waals surface area contributed by atoms with Gasteiger partial charge in [-0.3, -0.25) is 0 Å². The number of carbonyl (C=O) groups excluding carboxylic acids is 1. The molecule has 0 N–H and O–H groups in total. The minimum atomic E-state index is -4.53. The maximum absolute atomic E-state index is 12.3. The van der Waals surface area contributed by atoms with Crippen molar-refractivity contribution in [2.45, 2.75) is 6.18 Å². The SMILES string of the molecule is COC(=O)c1cc(-c2ccc(Cl)cc2)c(OCC(F)(F)F)nn1. The highest BCUT2D eigenvalue weighted by Crippen LogP contribution is 2.30. The Morgan fingerprint density at radius 2 is 1.87 bits per heavy atom. The molecule has 0 unspecified atom stereocenters. The summed E-state index contributed by atoms with van der Waals surface area (Å²) in [6, 6.07) is 7.45. The van der Waals surface area contributed by atoms with E-state index < -0.39 is 18.8 Å². The normalized spacial score (nSPS) is 11.2. The van der Waals surface area contributed by atoms with Gasteiger partial charge in [0.15, 0.2) is 12.3 Å². The molecular weight excluding hydrogens is 337 g/mol. The first-order valence-electron chi connectivity index (χ1n) is 6.21. The number of hydrogen-bond acceptors (Lipinski definition) is 5. The summed E-state index contributed by atoms with van der Waals surface area (Å²) in [6.07, 6.45) is -4.53. The van der Waals surface area contributed by atoms with E-state index in [2.05, 4.69) is 19.7 Å². The van der Waals surface area contributed by atoms with Crippen molar-refractivity contribution in [1.82, 2.24) is 10.2 Å². The standard InChI is InChI=1S/C14H10ClF3N2O3/c1-22-13(21)11-6-10(8-2-4-9(15)5-3-8)12(20-19-11)23-7-14(16,17)18/h2-6H,7H2,1H3. The van der Waals surface area contributed by atoms with E-state index in [0.29, 0.717) is 10.6 Å². The molecule has 5 nitrogen and oxygen atoms in total. The summed E-state index contributed by atoms with van der Waals surface area (Å²) >= 11 is 5.78. The van der Waals surface area contributed by atoms with Gasteiger partial charge in [0.2, 0.25) is 5.88 Å². The van der Waals surface area contributed by atoms with Crippen LogP contribution in [0.25, 0.3) is 11.1 Å². The summed E-state index contributed by atoms with van der Waals surface area (Å²) in [5.41, 5.74) is 0.477. The topological polar surface area (TPSA) is 61.3 Å². The van der Waals surface area contributed by atoms with Crippen molar-refractivity contribution in [2.24, 2.45) is 0 Å². The van der Waals surface area contributed by atoms with Crippen LogP contribution < -0.4 is 4.74 Å². The first-order chi connectivity index (χ1) is 10.8. The maximum Gasteiger partial charge on any atom is 0.422 e. The third kappa shape index (κ3) is 4.56. The molecule has 0 atom stereocenters. The van der Waals surface area contributed by atoms with Gasteiger partial charge in [-0.25, -0.2) is 4.79 Å². The smallest absolute Gasteiger partial charge is 0.422 e. The van der Waals surface area contributed by atoms with Crippen LogP contribution in [0.15, 0.2) is 30.3 Å². The first kappa shape index (κ1) is 17.0. The van der Waals surface area contributed by atoms with Crippen LogP contribution in [0.1, 0.15) is 10.5 Å². The number of rotatable bonds is 4. The van der Waals surface area contributed by atoms with Gasteiger partial charge in [-0.05, 0) is 23.8 Å². The minimum absolute atomic E-state index is 0.156. The predicted molar refractivity (Wildman–Crippen MR) is 75.4 cm³/mol. The molecule has 9 heteroatoms. The second-order valence-corrected chi connectivity index (χ2v) is 4.79. The number of nitrogens with zero attached hydrogens (tertiary/aromatic N) is 2. The molecule has 0 aliphatic rings. The van der Waals surface area contributed by atoms with Crippen molar-refractivity contribution in [3.8, 4) is 17.0 Å². The largest absolute Gasteiger partial charge is 0.467 e. The van der Waals surface area contributed by atoms with Crippen LogP contribution in [0, 0.1) is 0 Å². The van der Waals surface area contributed by atoms with E-state index >= 15 is 0 Å². The number of ether oxygens (including phenoxy) is 2. The number of methoxy groups -OCH3 is 1. The third-order valence-corrected chi connectivity index (χ3v) is 2.93. The molecule has 0 fully saturated rings. The number of benzene rings is 1. The Balaban J connectivity index is 2.44. The lowest BCUT2D eigenvalue weighted by Gasteiger charge is -2.12. The lowest BCUT2D eigenvalue weighted by Crippen LogP contribution is -2.20. The average molecular weight is 347 g/mol. The van der Waals surface area contributed by atoms with Gasteiger partial charge in [0.1, 0.15) is 0 Å². The number of carbonyl (C=O) groups is 1. The van der Waals surface area contributed by atoms with Crippen LogP contribution in [0.2, 0.25) is 5.02 Å². The molecule has 0 radical (unpaired) electrons. The van der Waals surface area contributed by atoms with Crippen molar-refractivity contribution in [3.05, 3.63) is 41.0 Å². The van der Waals surface area contributed by atoms with Crippen molar-refractivity contribution in [2.75, 3.05) is 13.7 Å². The third-order valence-electron chi connectivity index (χ3n) is 2.68. The molecule has 2 aromatic rings. The molecule has 1 aromatic heterocycles. The number of alkyl halides is 3. The van der Waals surface area contributed by atoms with E-state index in [4.69, 9.17) is 11.6 Å². The molecule has 0 saturated heterocycles. The Labute approximate surface area is 134 Å². The average Bonchev–Trinajstić information content (AvgIpc) is 2.52. The van der Waals surface area contributed by atoms with E-state index in [1.165, 1.54) is 6.07 Å². The summed E-state index contributed by atoms with van der Waals surface area (Å²) in [5.74, 6) is -1.12. The van der Waals surface area contributed by atoms with Gasteiger partial charge in [0.05, 0.1) is 7.11 Å². The van der Waals surface area contributed by atoms with Crippen molar-refractivity contribution >= 4 is 17.6 Å². The molecule has 1 heterocycles. The summed E-state index contributed by atoms with van der Waals surface area (Å²) < 4.78 is 46.2. The van der Waals surface area contributed by atoms with Gasteiger partial charge in [-0.1, -0.05) is 23.7 Å². The van der Waals surface area contributed by atoms with Crippen molar-refractivity contribution < 1.29 is 27.4 Å². The summed E-state index contributed by atoms with van der Waals surface area (Å²) in [7, 11) is 1.15. The van der Waals surface area contributed by atoms with E-state index in [1.54, 1.807) is 24.3 Å². The zero-order chi connectivity index (χ0) is 17.0. The van der Waals surface area contributed by atoms with Gasteiger partial charge in [-0.15, -0.1) is 10.2 Å². The monoisotopic (exact) mass is 346 g/mol. The van der Waals surface area contributed by atoms with Gasteiger partial charge in [0, 0.05) is 10.6 Å². The van der Waals surface area contributed by atoms with Gasteiger partial charge < -0.3 is 9.47 Å². The molecular formula is C14H10ClF3N2O3. The van der Waals surface area contributed by atoms with E-state index in [0.717, 1.165) is 7.11 Å². The Hall–Kier alpha value is -2.35. The second-order valence-electron chi connectivity index (χ2n) is 4.35. The van der Waals surface area contributed by atoms with Crippen LogP contribution in [0.4, 0.5) is 13.2 Å². The molecule has 0 spiro atoms. The van der Waals surface area contributed by atoms with Crippen LogP contribution >= 0.6 is 11.6 Å². The fourth-order valence-electron chi connectivity index (χ4n) is 1.68. The van der Waals surface area contributed by atoms with Crippen molar-refractivity contribution in [3.63, 3.8) is 0 Å². The molecule has 23 heavy (non-hydrogen) atoms. The number of esters is 1. The highest BCUT2D eigenvalue weighted by Gasteiger charge is 2.29. The number of hydrogen-bond donors (Lipinski definition) is 0. The number of halogens is 4. The highest BCUT2D eigenvalue weighted by atomic mass is 35.5. The fourth-order valence-corrected chi connectivity index (χ4v) is 1.80. The van der Waals surface area contributed by atoms with E-state index in [1.807, 2.05) is 0 Å². The molecule has 0 saturated carbocycles. The summed E-state index contributed by atoms with van der Waals surface area (Å²) in [6.45, 7) is -1.53. The maximum atomic E-state index is 12.3. The Bertz CT molecular complexity index is 705. The van der Waals surface area contributed by atoms with E-state index in [9.17, 15) is 18.0 Å². The van der Waals surface area contributed by atoms with Gasteiger partial charge in [0.25, 0.3) is 0 Å². The molecule has 1 aromatic carbocycles. The zero-order valence-corrected chi connectivity index (χ0v) is 12.5. The molecule has 0 aliphatic heterocycles. The van der Waals surface area contributed by atoms with Crippen LogP contribution in [0.3, 0.4) is 0 Å². The van der Waals surface area contributed by atoms with Crippen LogP contribution in [0.5, 0.6) is 5.88 Å². The molecule has 122 valence electrons. The van der Waals surface area contributed by atoms with Crippen LogP contribution in [-0.4, -0.2) is 36.1 Å². The Morgan fingerprint density at radius 1 is 1.22 bits per heavy atom. The lowest BCUT2D eigenvalue weighted by atomic mass is 10.1. The predicted octanol–water partition coefficient (Wildman–Crippen LogP) is 3.52. The van der Waals surface area contributed by atoms with Crippen molar-refractivity contribution in [1.29, 1.82) is 0 Å². The quantitative estimate of drug-likeness (QED) is 0.793. The zero-order valence-electron chi connectivity index (χ0n) is 11.7. The Kier molecular flexibility index (Phi) is 5.05. The minimum Gasteiger partial charge on any atom is -0.467 e. The van der Waals surface area contributed by atoms with Crippen LogP contribution in [-0.2, 0) is 4.74 Å². The second kappa shape index (κ2) is 6.82. The molecule has 0 aliphatic carbocycles. The van der Waals surface area contributed by atoms with E-state index in [-0.39, 0.29) is 17.1 Å². The first-order valence-corrected chi connectivity index (χ1v) is 6.59. The molecule has 2 rings (SSSR count). The number of aromatic nitrogens is 2. The summed E-state index contributed by atoms with van der Waals surface area (Å²) in [5, 5.41) is 7.50.